The fraction of sp³-hybridized carbons (Fsp3) is 0.214. The molecule has 2 nitrogen and oxygen atoms in total. The van der Waals surface area contributed by atoms with Gasteiger partial charge in [-0.15, -0.1) is 11.3 Å². The van der Waals surface area contributed by atoms with Crippen LogP contribution in [0.15, 0.2) is 28.4 Å². The predicted octanol–water partition coefficient (Wildman–Crippen LogP) is 2.47. The highest BCUT2D eigenvalue weighted by atomic mass is 79.9. The standard InChI is InChI=1S/C14H14BrNOS/c1-3-12-10(7-9(2)15)8-11(14(17)16-12)13-5-4-6-18-13/h3-9H,1-2H3,(H,16,17)/b10-7-,12-3+. The van der Waals surface area contributed by atoms with Crippen LogP contribution in [0.3, 0.4) is 0 Å². The number of aromatic amines is 1. The van der Waals surface area contributed by atoms with Crippen LogP contribution in [0.1, 0.15) is 13.8 Å². The van der Waals surface area contributed by atoms with Crippen molar-refractivity contribution in [2.45, 2.75) is 18.7 Å². The number of thiophene rings is 1. The predicted molar refractivity (Wildman–Crippen MR) is 82.6 cm³/mol. The van der Waals surface area contributed by atoms with Gasteiger partial charge in [0, 0.05) is 15.1 Å². The Morgan fingerprint density at radius 1 is 1.50 bits per heavy atom. The molecule has 18 heavy (non-hydrogen) atoms. The number of rotatable bonds is 2. The summed E-state index contributed by atoms with van der Waals surface area (Å²) < 4.78 is 0. The first-order chi connectivity index (χ1) is 8.61. The maximum absolute atomic E-state index is 12.0. The molecule has 0 bridgehead atoms. The molecule has 94 valence electrons. The summed E-state index contributed by atoms with van der Waals surface area (Å²) >= 11 is 5.08. The number of nitrogens with one attached hydrogen (secondary N) is 1. The van der Waals surface area contributed by atoms with Gasteiger partial charge in [0.1, 0.15) is 0 Å². The van der Waals surface area contributed by atoms with Crippen LogP contribution in [-0.4, -0.2) is 9.81 Å². The highest BCUT2D eigenvalue weighted by Gasteiger charge is 2.04. The van der Waals surface area contributed by atoms with Gasteiger partial charge in [-0.25, -0.2) is 0 Å². The Kier molecular flexibility index (Phi) is 4.19. The van der Waals surface area contributed by atoms with Crippen molar-refractivity contribution in [3.05, 3.63) is 44.5 Å². The molecule has 0 radical (unpaired) electrons. The van der Waals surface area contributed by atoms with Crippen molar-refractivity contribution in [2.24, 2.45) is 0 Å². The van der Waals surface area contributed by atoms with E-state index in [1.54, 1.807) is 11.3 Å². The van der Waals surface area contributed by atoms with E-state index < -0.39 is 0 Å². The molecule has 2 aromatic heterocycles. The van der Waals surface area contributed by atoms with Crippen LogP contribution in [0.2, 0.25) is 0 Å². The second-order valence-corrected chi connectivity index (χ2v) is 6.38. The lowest BCUT2D eigenvalue weighted by atomic mass is 10.2. The first kappa shape index (κ1) is 13.3. The van der Waals surface area contributed by atoms with Gasteiger partial charge in [-0.2, -0.15) is 0 Å². The van der Waals surface area contributed by atoms with Crippen molar-refractivity contribution >= 4 is 39.4 Å². The minimum Gasteiger partial charge on any atom is -0.322 e. The smallest absolute Gasteiger partial charge is 0.257 e. The molecule has 0 saturated heterocycles. The average Bonchev–Trinajstić information content (AvgIpc) is 2.83. The van der Waals surface area contributed by atoms with Gasteiger partial charge in [0.25, 0.3) is 5.56 Å². The van der Waals surface area contributed by atoms with E-state index in [4.69, 9.17) is 0 Å². The topological polar surface area (TPSA) is 32.9 Å². The minimum atomic E-state index is -0.0371. The fourth-order valence-corrected chi connectivity index (χ4v) is 2.82. The van der Waals surface area contributed by atoms with E-state index >= 15 is 0 Å². The minimum absolute atomic E-state index is 0.0371. The zero-order valence-corrected chi connectivity index (χ0v) is 12.6. The molecule has 4 heteroatoms. The molecule has 1 unspecified atom stereocenters. The zero-order valence-electron chi connectivity index (χ0n) is 10.2. The quantitative estimate of drug-likeness (QED) is 0.846. The van der Waals surface area contributed by atoms with E-state index in [0.717, 1.165) is 21.0 Å². The molecule has 0 amide bonds. The molecule has 0 fully saturated rings. The van der Waals surface area contributed by atoms with Crippen molar-refractivity contribution in [3.8, 4) is 10.4 Å². The molecule has 2 heterocycles. The number of halogens is 1. The number of aromatic nitrogens is 1. The second kappa shape index (κ2) is 5.67. The molecule has 0 aliphatic rings. The third-order valence-corrected chi connectivity index (χ3v) is 3.76. The van der Waals surface area contributed by atoms with Crippen molar-refractivity contribution in [3.63, 3.8) is 0 Å². The summed E-state index contributed by atoms with van der Waals surface area (Å²) in [6.45, 7) is 3.97. The van der Waals surface area contributed by atoms with Crippen LogP contribution in [0.25, 0.3) is 22.6 Å². The molecule has 0 saturated carbocycles. The van der Waals surface area contributed by atoms with Crippen LogP contribution in [-0.2, 0) is 0 Å². The van der Waals surface area contributed by atoms with Crippen molar-refractivity contribution < 1.29 is 0 Å². The summed E-state index contributed by atoms with van der Waals surface area (Å²) in [6.07, 6.45) is 4.00. The lowest BCUT2D eigenvalue weighted by Crippen LogP contribution is -2.35. The van der Waals surface area contributed by atoms with E-state index in [9.17, 15) is 4.79 Å². The highest BCUT2D eigenvalue weighted by Crippen LogP contribution is 2.19. The van der Waals surface area contributed by atoms with Crippen LogP contribution in [0.5, 0.6) is 0 Å². The van der Waals surface area contributed by atoms with Crippen molar-refractivity contribution in [1.29, 1.82) is 0 Å². The van der Waals surface area contributed by atoms with Gasteiger partial charge >= 0.3 is 0 Å². The molecule has 0 aromatic carbocycles. The van der Waals surface area contributed by atoms with E-state index in [1.807, 2.05) is 36.6 Å². The molecule has 0 aliphatic heterocycles. The molecule has 1 atom stereocenters. The molecule has 2 aromatic rings. The normalized spacial score (nSPS) is 15.1. The van der Waals surface area contributed by atoms with Crippen molar-refractivity contribution in [2.75, 3.05) is 0 Å². The van der Waals surface area contributed by atoms with E-state index in [0.29, 0.717) is 0 Å². The molecular formula is C14H14BrNOS. The van der Waals surface area contributed by atoms with Gasteiger partial charge in [0.15, 0.2) is 0 Å². The third kappa shape index (κ3) is 2.82. The fourth-order valence-electron chi connectivity index (χ4n) is 1.80. The largest absolute Gasteiger partial charge is 0.322 e. The van der Waals surface area contributed by atoms with Gasteiger partial charge in [-0.3, -0.25) is 4.79 Å². The third-order valence-electron chi connectivity index (χ3n) is 2.59. The number of hydrogen-bond donors (Lipinski definition) is 1. The van der Waals surface area contributed by atoms with E-state index in [1.165, 1.54) is 0 Å². The zero-order chi connectivity index (χ0) is 13.1. The lowest BCUT2D eigenvalue weighted by Gasteiger charge is -1.99. The van der Waals surface area contributed by atoms with Gasteiger partial charge in [-0.05, 0) is 36.6 Å². The monoisotopic (exact) mass is 323 g/mol. The maximum atomic E-state index is 12.0. The van der Waals surface area contributed by atoms with Crippen LogP contribution in [0, 0.1) is 0 Å². The Morgan fingerprint density at radius 2 is 2.28 bits per heavy atom. The molecule has 2 rings (SSSR count). The summed E-state index contributed by atoms with van der Waals surface area (Å²) in [6, 6.07) is 5.87. The van der Waals surface area contributed by atoms with Gasteiger partial charge in [0.2, 0.25) is 0 Å². The highest BCUT2D eigenvalue weighted by molar-refractivity contribution is 9.09. The first-order valence-corrected chi connectivity index (χ1v) is 7.51. The second-order valence-electron chi connectivity index (χ2n) is 3.99. The van der Waals surface area contributed by atoms with Gasteiger partial charge < -0.3 is 4.98 Å². The summed E-state index contributed by atoms with van der Waals surface area (Å²) in [5.41, 5.74) is 0.694. The van der Waals surface area contributed by atoms with Gasteiger partial charge in [-0.1, -0.05) is 34.1 Å². The Labute approximate surface area is 118 Å². The van der Waals surface area contributed by atoms with Crippen LogP contribution >= 0.6 is 27.3 Å². The summed E-state index contributed by atoms with van der Waals surface area (Å²) in [7, 11) is 0. The Morgan fingerprint density at radius 3 is 2.83 bits per heavy atom. The number of H-pyrrole nitrogens is 1. The SMILES string of the molecule is C/C=c1/[nH]c(=O)c(-c2cccs2)c/c1=C/C(C)Br. The molecular weight excluding hydrogens is 310 g/mol. The molecule has 1 N–H and O–H groups in total. The van der Waals surface area contributed by atoms with Crippen LogP contribution < -0.4 is 16.1 Å². The Bertz CT molecular complexity index is 698. The lowest BCUT2D eigenvalue weighted by molar-refractivity contribution is 1.15. The molecule has 0 spiro atoms. The average molecular weight is 324 g/mol. The van der Waals surface area contributed by atoms with E-state index in [2.05, 4.69) is 33.9 Å². The maximum Gasteiger partial charge on any atom is 0.257 e. The molecule has 0 aliphatic carbocycles. The Balaban J connectivity index is 2.76. The first-order valence-electron chi connectivity index (χ1n) is 5.71. The Hall–Kier alpha value is -1.13. The van der Waals surface area contributed by atoms with Gasteiger partial charge in [0.05, 0.1) is 5.56 Å². The number of hydrogen-bond acceptors (Lipinski definition) is 2. The summed E-state index contributed by atoms with van der Waals surface area (Å²) in [5, 5.41) is 3.89. The van der Waals surface area contributed by atoms with Crippen molar-refractivity contribution in [1.82, 2.24) is 4.98 Å². The van der Waals surface area contributed by atoms with E-state index in [-0.39, 0.29) is 10.4 Å². The summed E-state index contributed by atoms with van der Waals surface area (Å²) in [5.74, 6) is 0. The summed E-state index contributed by atoms with van der Waals surface area (Å²) in [4.78, 5) is 16.2. The van der Waals surface area contributed by atoms with Crippen LogP contribution in [0.4, 0.5) is 0 Å². The number of pyridine rings is 1. The number of alkyl halides is 1.